The van der Waals surface area contributed by atoms with Gasteiger partial charge in [-0.2, -0.15) is 0 Å². The topological polar surface area (TPSA) is 115 Å². The van der Waals surface area contributed by atoms with Crippen molar-refractivity contribution in [3.63, 3.8) is 0 Å². The van der Waals surface area contributed by atoms with Crippen LogP contribution in [0.25, 0.3) is 12.2 Å². The van der Waals surface area contributed by atoms with Crippen molar-refractivity contribution >= 4 is 35.5 Å². The van der Waals surface area contributed by atoms with Crippen molar-refractivity contribution in [2.45, 2.75) is 25.5 Å². The molecule has 2 N–H and O–H groups in total. The number of hydrogen-bond donors (Lipinski definition) is 2. The highest BCUT2D eigenvalue weighted by Gasteiger charge is 2.55. The minimum absolute atomic E-state index is 0.252. The highest BCUT2D eigenvalue weighted by atomic mass is 16.6. The van der Waals surface area contributed by atoms with Crippen LogP contribution in [0.3, 0.4) is 0 Å². The molecule has 4 aromatic rings. The van der Waals surface area contributed by atoms with Gasteiger partial charge in [0.05, 0.1) is 27.6 Å². The summed E-state index contributed by atoms with van der Waals surface area (Å²) in [5, 5.41) is 7.04. The second kappa shape index (κ2) is 18.9. The lowest BCUT2D eigenvalue weighted by Crippen LogP contribution is -2.66. The fourth-order valence-corrected chi connectivity index (χ4v) is 8.96. The van der Waals surface area contributed by atoms with Gasteiger partial charge in [0.25, 0.3) is 11.7 Å². The molecular weight excluding hydrogens is 785 g/mol. The molecule has 4 aromatic carbocycles. The molecule has 4 aliphatic rings. The molecule has 14 nitrogen and oxygen atoms in total. The van der Waals surface area contributed by atoms with Crippen LogP contribution in [0.4, 0.5) is 11.4 Å². The van der Waals surface area contributed by atoms with E-state index in [1.165, 1.54) is 0 Å². The molecule has 8 rings (SSSR count). The van der Waals surface area contributed by atoms with Gasteiger partial charge in [-0.3, -0.25) is 0 Å². The van der Waals surface area contributed by atoms with Crippen molar-refractivity contribution in [1.82, 2.24) is 29.4 Å². The fraction of sp³-hybridized carbons (Fsp3) is 0.375. The summed E-state index contributed by atoms with van der Waals surface area (Å²) in [6, 6.07) is 31.1. The Kier molecular flexibility index (Phi) is 13.0. The maximum atomic E-state index is 15.0. The van der Waals surface area contributed by atoms with Gasteiger partial charge < -0.3 is 49.2 Å². The zero-order valence-electron chi connectivity index (χ0n) is 36.2. The Morgan fingerprint density at radius 3 is 1.26 bits per heavy atom. The largest absolute Gasteiger partial charge is 0.497 e. The maximum Gasteiger partial charge on any atom is 0.420 e. The molecule has 0 spiro atoms. The summed E-state index contributed by atoms with van der Waals surface area (Å²) in [6.45, 7) is 12.0. The number of carbonyl (C=O) groups excluding carboxylic acids is 2. The molecule has 0 bridgehead atoms. The third-order valence-corrected chi connectivity index (χ3v) is 12.5. The van der Waals surface area contributed by atoms with Crippen LogP contribution >= 0.6 is 0 Å². The van der Waals surface area contributed by atoms with Gasteiger partial charge in [-0.05, 0) is 84.9 Å². The predicted molar refractivity (Wildman–Crippen MR) is 241 cm³/mol. The second-order valence-corrected chi connectivity index (χ2v) is 15.7. The normalized spacial score (nSPS) is 21.7. The van der Waals surface area contributed by atoms with Gasteiger partial charge in [-0.15, -0.1) is 0 Å². The quantitative estimate of drug-likeness (QED) is 0.120. The summed E-state index contributed by atoms with van der Waals surface area (Å²) in [6.07, 6.45) is 7.91. The second-order valence-electron chi connectivity index (χ2n) is 15.7. The molecule has 2 fully saturated rings. The number of anilines is 2. The van der Waals surface area contributed by atoms with Gasteiger partial charge in [0.2, 0.25) is 0 Å². The number of methoxy groups -OCH3 is 2. The molecule has 2 saturated heterocycles. The number of ether oxygens (including phenoxy) is 4. The van der Waals surface area contributed by atoms with E-state index in [1.807, 2.05) is 131 Å². The first-order chi connectivity index (χ1) is 30.3. The van der Waals surface area contributed by atoms with E-state index in [1.54, 1.807) is 14.2 Å². The first-order valence-corrected chi connectivity index (χ1v) is 21.6. The number of piperazine rings is 2. The van der Waals surface area contributed by atoms with Crippen LogP contribution in [-0.4, -0.2) is 134 Å². The molecule has 4 heterocycles. The average Bonchev–Trinajstić information content (AvgIpc) is 3.33. The first kappa shape index (κ1) is 42.6. The minimum Gasteiger partial charge on any atom is -0.497 e. The van der Waals surface area contributed by atoms with Crippen molar-refractivity contribution in [3.8, 4) is 11.5 Å². The molecule has 62 heavy (non-hydrogen) atoms. The average molecular weight is 843 g/mol. The molecule has 2 atom stereocenters. The molecule has 4 aliphatic heterocycles. The molecule has 14 heteroatoms. The van der Waals surface area contributed by atoms with Gasteiger partial charge in [0.15, 0.2) is 0 Å². The number of nitrogens with one attached hydrogen (secondary N) is 2. The van der Waals surface area contributed by atoms with Gasteiger partial charge >= 0.3 is 11.9 Å². The van der Waals surface area contributed by atoms with E-state index in [-0.39, 0.29) is 13.3 Å². The van der Waals surface area contributed by atoms with Crippen molar-refractivity contribution in [3.05, 3.63) is 132 Å². The van der Waals surface area contributed by atoms with Gasteiger partial charge in [0.1, 0.15) is 11.5 Å². The summed E-state index contributed by atoms with van der Waals surface area (Å²) in [7, 11) is 3.28. The standard InChI is InChI=1S/C48H58N8O6/c1-5-51-27-31-53(32-28-51)47(43-13-9-7-11-37(43)23-25-55(47)35-49-39-15-19-41(59-3)20-16-39)61-45(57)46(58)62-48(54-33-29-52(6-2)30-34-54)44-14-10-8-12-38(44)24-26-56(48)36-50-40-17-21-42(60-4)22-18-40/h7-26,49-50H,5-6,27-36H2,1-4H3. The van der Waals surface area contributed by atoms with Gasteiger partial charge in [0, 0.05) is 87.3 Å². The predicted octanol–water partition coefficient (Wildman–Crippen LogP) is 5.70. The number of esters is 2. The minimum atomic E-state index is -1.50. The van der Waals surface area contributed by atoms with Crippen LogP contribution in [0.5, 0.6) is 11.5 Å². The lowest BCUT2D eigenvalue weighted by atomic mass is 9.96. The smallest absolute Gasteiger partial charge is 0.420 e. The Morgan fingerprint density at radius 1 is 0.532 bits per heavy atom. The zero-order valence-corrected chi connectivity index (χ0v) is 36.2. The summed E-state index contributed by atoms with van der Waals surface area (Å²) in [5.41, 5.74) is 5.00. The Bertz CT molecular complexity index is 2060. The van der Waals surface area contributed by atoms with E-state index in [9.17, 15) is 0 Å². The van der Waals surface area contributed by atoms with Gasteiger partial charge in [-0.25, -0.2) is 19.4 Å². The van der Waals surface area contributed by atoms with E-state index >= 15 is 9.59 Å². The van der Waals surface area contributed by atoms with Gasteiger partial charge in [-0.1, -0.05) is 62.4 Å². The number of nitrogens with zero attached hydrogens (tertiary/aromatic N) is 6. The Morgan fingerprint density at radius 2 is 0.903 bits per heavy atom. The highest BCUT2D eigenvalue weighted by molar-refractivity contribution is 6.30. The first-order valence-electron chi connectivity index (χ1n) is 21.6. The van der Waals surface area contributed by atoms with Crippen LogP contribution in [-0.2, 0) is 30.8 Å². The van der Waals surface area contributed by atoms with Crippen LogP contribution in [0.2, 0.25) is 0 Å². The van der Waals surface area contributed by atoms with E-state index in [4.69, 9.17) is 18.9 Å². The van der Waals surface area contributed by atoms with E-state index in [2.05, 4.69) is 44.1 Å². The molecule has 0 aliphatic carbocycles. The summed E-state index contributed by atoms with van der Waals surface area (Å²) >= 11 is 0. The van der Waals surface area contributed by atoms with E-state index in [0.717, 1.165) is 84.4 Å². The van der Waals surface area contributed by atoms with Crippen molar-refractivity contribution in [2.75, 3.05) is 104 Å². The Hall–Kier alpha value is -6.06. The van der Waals surface area contributed by atoms with Crippen LogP contribution in [0.15, 0.2) is 109 Å². The zero-order chi connectivity index (χ0) is 43.1. The molecule has 2 unspecified atom stereocenters. The monoisotopic (exact) mass is 842 g/mol. The molecule has 326 valence electrons. The summed E-state index contributed by atoms with van der Waals surface area (Å²) in [4.78, 5) is 43.1. The van der Waals surface area contributed by atoms with Crippen LogP contribution in [0.1, 0.15) is 36.1 Å². The molecule has 0 radical (unpaired) electrons. The fourth-order valence-electron chi connectivity index (χ4n) is 8.96. The number of hydrogen-bond acceptors (Lipinski definition) is 14. The summed E-state index contributed by atoms with van der Waals surface area (Å²) in [5.74, 6) is -3.70. The van der Waals surface area contributed by atoms with Crippen molar-refractivity contribution in [2.24, 2.45) is 0 Å². The van der Waals surface area contributed by atoms with Crippen LogP contribution < -0.4 is 20.1 Å². The molecule has 0 aromatic heterocycles. The van der Waals surface area contributed by atoms with Crippen molar-refractivity contribution in [1.29, 1.82) is 0 Å². The third kappa shape index (κ3) is 8.43. The number of fused-ring (bicyclic) bond motifs is 2. The Labute approximate surface area is 364 Å². The molecule has 0 saturated carbocycles. The third-order valence-electron chi connectivity index (χ3n) is 12.5. The molecule has 0 amide bonds. The maximum absolute atomic E-state index is 15.0. The van der Waals surface area contributed by atoms with Crippen LogP contribution in [0, 0.1) is 0 Å². The number of benzene rings is 4. The number of rotatable bonds is 14. The van der Waals surface area contributed by atoms with E-state index < -0.39 is 23.6 Å². The number of carbonyl (C=O) groups is 2. The van der Waals surface area contributed by atoms with E-state index in [0.29, 0.717) is 26.2 Å². The SMILES string of the molecule is CCN1CCN(C2(OC(=O)C(=O)OC3(N4CCN(CC)CC4)c4ccccc4C=CN3CNc3ccc(OC)cc3)c3ccccc3C=CN2CNc2ccc(OC)cc2)CC1. The molecular formula is C48H58N8O6. The lowest BCUT2D eigenvalue weighted by Gasteiger charge is -2.54. The Balaban J connectivity index is 1.17. The summed E-state index contributed by atoms with van der Waals surface area (Å²) < 4.78 is 24.4. The highest BCUT2D eigenvalue weighted by Crippen LogP contribution is 2.44. The lowest BCUT2D eigenvalue weighted by molar-refractivity contribution is -0.262. The number of likely N-dealkylation sites (N-methyl/N-ethyl adjacent to an activating group) is 2. The van der Waals surface area contributed by atoms with Crippen molar-refractivity contribution < 1.29 is 28.5 Å².